The predicted octanol–water partition coefficient (Wildman–Crippen LogP) is 2.57. The van der Waals surface area contributed by atoms with Gasteiger partial charge in [0, 0.05) is 19.1 Å². The third-order valence-corrected chi connectivity index (χ3v) is 3.64. The smallest absolute Gasteiger partial charge is 0.110 e. The van der Waals surface area contributed by atoms with Crippen LogP contribution in [-0.2, 0) is 4.74 Å². The largest absolute Gasteiger partial charge is 0.381 e. The molecule has 2 unspecified atom stereocenters. The third kappa shape index (κ3) is 1.77. The average molecular weight is 241 g/mol. The van der Waals surface area contributed by atoms with Gasteiger partial charge in [0.05, 0.1) is 11.1 Å². The zero-order chi connectivity index (χ0) is 12.5. The van der Waals surface area contributed by atoms with Crippen LogP contribution in [0.2, 0.25) is 0 Å². The highest BCUT2D eigenvalue weighted by atomic mass is 16.5. The standard InChI is InChI=1S/C14H15N3O/c1-9-8-18-6-5-11(9)14-16-12-4-2-3-10(7-15)13(12)17-14/h2-4,9,11H,5-6,8H2,1H3,(H,16,17). The lowest BCUT2D eigenvalue weighted by Crippen LogP contribution is -2.24. The maximum atomic E-state index is 9.08. The molecule has 0 amide bonds. The van der Waals surface area contributed by atoms with Crippen molar-refractivity contribution in [1.82, 2.24) is 9.97 Å². The summed E-state index contributed by atoms with van der Waals surface area (Å²) in [5.74, 6) is 1.85. The summed E-state index contributed by atoms with van der Waals surface area (Å²) in [4.78, 5) is 7.98. The molecule has 0 saturated carbocycles. The molecule has 2 heterocycles. The van der Waals surface area contributed by atoms with Crippen LogP contribution in [0.15, 0.2) is 18.2 Å². The molecular weight excluding hydrogens is 226 g/mol. The van der Waals surface area contributed by atoms with Gasteiger partial charge in [0.15, 0.2) is 0 Å². The number of nitrogens with one attached hydrogen (secondary N) is 1. The Hall–Kier alpha value is -1.86. The van der Waals surface area contributed by atoms with Crippen molar-refractivity contribution in [1.29, 1.82) is 5.26 Å². The molecule has 2 aromatic rings. The lowest BCUT2D eigenvalue weighted by molar-refractivity contribution is 0.0455. The zero-order valence-corrected chi connectivity index (χ0v) is 10.3. The van der Waals surface area contributed by atoms with Crippen molar-refractivity contribution in [2.75, 3.05) is 13.2 Å². The van der Waals surface area contributed by atoms with Gasteiger partial charge >= 0.3 is 0 Å². The molecule has 0 bridgehead atoms. The Bertz CT molecular complexity index is 611. The number of H-pyrrole nitrogens is 1. The molecule has 0 aliphatic carbocycles. The summed E-state index contributed by atoms with van der Waals surface area (Å²) >= 11 is 0. The van der Waals surface area contributed by atoms with E-state index in [1.54, 1.807) is 6.07 Å². The number of para-hydroxylation sites is 1. The average Bonchev–Trinajstić information content (AvgIpc) is 2.82. The number of rotatable bonds is 1. The van der Waals surface area contributed by atoms with E-state index in [1.165, 1.54) is 0 Å². The van der Waals surface area contributed by atoms with Gasteiger partial charge in [-0.2, -0.15) is 5.26 Å². The summed E-state index contributed by atoms with van der Waals surface area (Å²) in [5, 5.41) is 9.08. The van der Waals surface area contributed by atoms with Gasteiger partial charge in [-0.05, 0) is 24.5 Å². The number of aromatic amines is 1. The van der Waals surface area contributed by atoms with Crippen LogP contribution >= 0.6 is 0 Å². The highest BCUT2D eigenvalue weighted by Crippen LogP contribution is 2.31. The highest BCUT2D eigenvalue weighted by Gasteiger charge is 2.26. The molecule has 1 N–H and O–H groups in total. The Kier molecular flexibility index (Phi) is 2.77. The van der Waals surface area contributed by atoms with Crippen LogP contribution in [0.5, 0.6) is 0 Å². The molecule has 1 aromatic carbocycles. The van der Waals surface area contributed by atoms with E-state index >= 15 is 0 Å². The fraction of sp³-hybridized carbons (Fsp3) is 0.429. The van der Waals surface area contributed by atoms with Crippen molar-refractivity contribution in [2.45, 2.75) is 19.3 Å². The van der Waals surface area contributed by atoms with Crippen LogP contribution in [0.4, 0.5) is 0 Å². The molecule has 0 radical (unpaired) electrons. The molecule has 1 aromatic heterocycles. The molecule has 1 aliphatic heterocycles. The van der Waals surface area contributed by atoms with E-state index in [4.69, 9.17) is 10.00 Å². The first-order valence-electron chi connectivity index (χ1n) is 6.26. The lowest BCUT2D eigenvalue weighted by atomic mass is 9.89. The molecule has 18 heavy (non-hydrogen) atoms. The minimum Gasteiger partial charge on any atom is -0.381 e. The summed E-state index contributed by atoms with van der Waals surface area (Å²) in [5.41, 5.74) is 2.37. The Morgan fingerprint density at radius 1 is 1.50 bits per heavy atom. The van der Waals surface area contributed by atoms with Crippen LogP contribution in [0.3, 0.4) is 0 Å². The fourth-order valence-corrected chi connectivity index (χ4v) is 2.60. The first kappa shape index (κ1) is 11.2. The van der Waals surface area contributed by atoms with Crippen LogP contribution in [-0.4, -0.2) is 23.2 Å². The number of imidazole rings is 1. The molecule has 3 rings (SSSR count). The maximum Gasteiger partial charge on any atom is 0.110 e. The van der Waals surface area contributed by atoms with Crippen LogP contribution in [0, 0.1) is 17.2 Å². The van der Waals surface area contributed by atoms with Gasteiger partial charge in [0.1, 0.15) is 17.4 Å². The van der Waals surface area contributed by atoms with Crippen LogP contribution in [0.1, 0.15) is 30.7 Å². The number of aromatic nitrogens is 2. The molecule has 4 nitrogen and oxygen atoms in total. The van der Waals surface area contributed by atoms with Crippen LogP contribution < -0.4 is 0 Å². The maximum absolute atomic E-state index is 9.08. The summed E-state index contributed by atoms with van der Waals surface area (Å²) in [6, 6.07) is 7.85. The number of hydrogen-bond donors (Lipinski definition) is 1. The van der Waals surface area contributed by atoms with Crippen molar-refractivity contribution < 1.29 is 4.74 Å². The van der Waals surface area contributed by atoms with E-state index in [0.29, 0.717) is 17.4 Å². The van der Waals surface area contributed by atoms with Crippen molar-refractivity contribution >= 4 is 11.0 Å². The molecule has 1 saturated heterocycles. The van der Waals surface area contributed by atoms with Crippen molar-refractivity contribution in [2.24, 2.45) is 5.92 Å². The number of benzene rings is 1. The van der Waals surface area contributed by atoms with Crippen molar-refractivity contribution in [3.63, 3.8) is 0 Å². The molecule has 92 valence electrons. The van der Waals surface area contributed by atoms with Crippen molar-refractivity contribution in [3.8, 4) is 6.07 Å². The van der Waals surface area contributed by atoms with Gasteiger partial charge in [-0.3, -0.25) is 0 Å². The highest BCUT2D eigenvalue weighted by molar-refractivity contribution is 5.81. The minimum absolute atomic E-state index is 0.401. The van der Waals surface area contributed by atoms with Gasteiger partial charge in [0.2, 0.25) is 0 Å². The SMILES string of the molecule is CC1COCCC1c1nc2c(C#N)cccc2[nH]1. The molecule has 1 aliphatic rings. The molecule has 2 atom stereocenters. The summed E-state index contributed by atoms with van der Waals surface area (Å²) in [6.07, 6.45) is 0.989. The summed E-state index contributed by atoms with van der Waals surface area (Å²) < 4.78 is 5.46. The fourth-order valence-electron chi connectivity index (χ4n) is 2.60. The second kappa shape index (κ2) is 4.43. The second-order valence-electron chi connectivity index (χ2n) is 4.88. The summed E-state index contributed by atoms with van der Waals surface area (Å²) in [7, 11) is 0. The number of ether oxygens (including phenoxy) is 1. The van der Waals surface area contributed by atoms with Crippen molar-refractivity contribution in [3.05, 3.63) is 29.6 Å². The van der Waals surface area contributed by atoms with Gasteiger partial charge < -0.3 is 9.72 Å². The van der Waals surface area contributed by atoms with Gasteiger partial charge in [-0.25, -0.2) is 4.98 Å². The van der Waals surface area contributed by atoms with Gasteiger partial charge in [-0.1, -0.05) is 13.0 Å². The van der Waals surface area contributed by atoms with E-state index < -0.39 is 0 Å². The molecular formula is C14H15N3O. The van der Waals surface area contributed by atoms with E-state index in [2.05, 4.69) is 23.0 Å². The number of fused-ring (bicyclic) bond motifs is 1. The molecule has 0 spiro atoms. The van der Waals surface area contributed by atoms with Gasteiger partial charge in [0.25, 0.3) is 0 Å². The topological polar surface area (TPSA) is 61.7 Å². The Balaban J connectivity index is 2.05. The zero-order valence-electron chi connectivity index (χ0n) is 10.3. The quantitative estimate of drug-likeness (QED) is 0.834. The number of hydrogen-bond acceptors (Lipinski definition) is 3. The van der Waals surface area contributed by atoms with E-state index in [0.717, 1.165) is 36.5 Å². The van der Waals surface area contributed by atoms with E-state index in [9.17, 15) is 0 Å². The second-order valence-corrected chi connectivity index (χ2v) is 4.88. The van der Waals surface area contributed by atoms with Crippen LogP contribution in [0.25, 0.3) is 11.0 Å². The normalized spacial score (nSPS) is 24.0. The predicted molar refractivity (Wildman–Crippen MR) is 68.1 cm³/mol. The molecule has 4 heteroatoms. The lowest BCUT2D eigenvalue weighted by Gasteiger charge is -2.27. The minimum atomic E-state index is 0.401. The molecule has 1 fully saturated rings. The Labute approximate surface area is 106 Å². The first-order valence-corrected chi connectivity index (χ1v) is 6.26. The third-order valence-electron chi connectivity index (χ3n) is 3.64. The first-order chi connectivity index (χ1) is 8.79. The summed E-state index contributed by atoms with van der Waals surface area (Å²) in [6.45, 7) is 3.76. The monoisotopic (exact) mass is 241 g/mol. The number of nitriles is 1. The van der Waals surface area contributed by atoms with Gasteiger partial charge in [-0.15, -0.1) is 0 Å². The Morgan fingerprint density at radius 3 is 3.17 bits per heavy atom. The van der Waals surface area contributed by atoms with E-state index in [-0.39, 0.29) is 0 Å². The Morgan fingerprint density at radius 2 is 2.39 bits per heavy atom. The number of nitrogens with zero attached hydrogens (tertiary/aromatic N) is 2. The van der Waals surface area contributed by atoms with E-state index in [1.807, 2.05) is 12.1 Å².